The number of hydrogen-bond acceptors (Lipinski definition) is 5. The Morgan fingerprint density at radius 3 is 2.71 bits per heavy atom. The molecular weight excluding hydrogens is 216 g/mol. The minimum absolute atomic E-state index is 0.551. The summed E-state index contributed by atoms with van der Waals surface area (Å²) in [6.07, 6.45) is 6.45. The molecule has 6 nitrogen and oxygen atoms in total. The van der Waals surface area contributed by atoms with Gasteiger partial charge in [0.2, 0.25) is 0 Å². The molecule has 0 atom stereocenters. The smallest absolute Gasteiger partial charge is 0.171 e. The number of nitriles is 1. The molecule has 3 rings (SSSR count). The van der Waals surface area contributed by atoms with Crippen molar-refractivity contribution >= 4 is 5.65 Å². The van der Waals surface area contributed by atoms with Crippen LogP contribution in [-0.2, 0) is 0 Å². The third kappa shape index (κ3) is 1.50. The summed E-state index contributed by atoms with van der Waals surface area (Å²) in [7, 11) is 0. The number of hydrogen-bond donors (Lipinski definition) is 0. The Balaban J connectivity index is 2.28. The predicted molar refractivity (Wildman–Crippen MR) is 58.7 cm³/mol. The molecule has 0 unspecified atom stereocenters. The largest absolute Gasteiger partial charge is 0.281 e. The number of rotatable bonds is 1. The molecular formula is C11H6N6. The van der Waals surface area contributed by atoms with E-state index in [1.54, 1.807) is 35.1 Å². The van der Waals surface area contributed by atoms with Crippen LogP contribution in [0.1, 0.15) is 5.56 Å². The molecule has 0 bridgehead atoms. The first-order chi connectivity index (χ1) is 8.38. The van der Waals surface area contributed by atoms with Gasteiger partial charge in [-0.25, -0.2) is 9.97 Å². The Morgan fingerprint density at radius 2 is 1.94 bits per heavy atom. The summed E-state index contributed by atoms with van der Waals surface area (Å²) in [5, 5.41) is 17.0. The molecule has 0 amide bonds. The molecule has 0 saturated heterocycles. The second-order valence-corrected chi connectivity index (χ2v) is 3.41. The van der Waals surface area contributed by atoms with E-state index < -0.39 is 0 Å². The van der Waals surface area contributed by atoms with Gasteiger partial charge in [0.05, 0.1) is 11.1 Å². The Kier molecular flexibility index (Phi) is 2.02. The summed E-state index contributed by atoms with van der Waals surface area (Å²) < 4.78 is 1.75. The molecule has 0 aromatic carbocycles. The van der Waals surface area contributed by atoms with Crippen LogP contribution in [0.3, 0.4) is 0 Å². The second kappa shape index (κ2) is 3.64. The fraction of sp³-hybridized carbons (Fsp3) is 0. The monoisotopic (exact) mass is 222 g/mol. The van der Waals surface area contributed by atoms with E-state index in [1.807, 2.05) is 0 Å². The highest BCUT2D eigenvalue weighted by atomic mass is 15.2. The maximum atomic E-state index is 8.87. The minimum atomic E-state index is 0.551. The summed E-state index contributed by atoms with van der Waals surface area (Å²) in [5.41, 5.74) is 1.99. The number of fused-ring (bicyclic) bond motifs is 1. The molecule has 6 heteroatoms. The van der Waals surface area contributed by atoms with Crippen molar-refractivity contribution in [1.82, 2.24) is 24.6 Å². The third-order valence-electron chi connectivity index (χ3n) is 2.35. The number of nitrogens with zero attached hydrogens (tertiary/aromatic N) is 6. The molecule has 0 fully saturated rings. The van der Waals surface area contributed by atoms with Gasteiger partial charge in [0, 0.05) is 18.6 Å². The van der Waals surface area contributed by atoms with E-state index in [1.165, 1.54) is 6.33 Å². The zero-order valence-electron chi connectivity index (χ0n) is 8.65. The minimum Gasteiger partial charge on any atom is -0.281 e. The SMILES string of the molecule is N#Cc1ccc2nnc(-c3cncnc3)n2c1. The van der Waals surface area contributed by atoms with Crippen LogP contribution in [-0.4, -0.2) is 24.6 Å². The Morgan fingerprint density at radius 1 is 1.12 bits per heavy atom. The highest BCUT2D eigenvalue weighted by Crippen LogP contribution is 2.16. The molecule has 0 spiro atoms. The zero-order valence-corrected chi connectivity index (χ0v) is 8.65. The first-order valence-electron chi connectivity index (χ1n) is 4.89. The lowest BCUT2D eigenvalue weighted by Crippen LogP contribution is -1.91. The van der Waals surface area contributed by atoms with E-state index in [0.29, 0.717) is 17.0 Å². The van der Waals surface area contributed by atoms with Crippen LogP contribution in [0.2, 0.25) is 0 Å². The van der Waals surface area contributed by atoms with Crippen molar-refractivity contribution in [3.63, 3.8) is 0 Å². The lowest BCUT2D eigenvalue weighted by molar-refractivity contribution is 1.08. The van der Waals surface area contributed by atoms with Gasteiger partial charge in [-0.1, -0.05) is 0 Å². The van der Waals surface area contributed by atoms with E-state index >= 15 is 0 Å². The van der Waals surface area contributed by atoms with Crippen LogP contribution in [0.5, 0.6) is 0 Å². The molecule has 80 valence electrons. The van der Waals surface area contributed by atoms with Crippen LogP contribution >= 0.6 is 0 Å². The molecule has 0 radical (unpaired) electrons. The molecule has 0 saturated carbocycles. The zero-order chi connectivity index (χ0) is 11.7. The average molecular weight is 222 g/mol. The van der Waals surface area contributed by atoms with Crippen molar-refractivity contribution in [1.29, 1.82) is 5.26 Å². The molecule has 0 N–H and O–H groups in total. The van der Waals surface area contributed by atoms with E-state index in [4.69, 9.17) is 5.26 Å². The fourth-order valence-electron chi connectivity index (χ4n) is 1.57. The van der Waals surface area contributed by atoms with Crippen LogP contribution in [0.15, 0.2) is 37.1 Å². The summed E-state index contributed by atoms with van der Waals surface area (Å²) >= 11 is 0. The number of pyridine rings is 1. The van der Waals surface area contributed by atoms with E-state index in [-0.39, 0.29) is 0 Å². The Bertz CT molecular complexity index is 710. The van der Waals surface area contributed by atoms with Crippen molar-refractivity contribution in [2.24, 2.45) is 0 Å². The van der Waals surface area contributed by atoms with Gasteiger partial charge in [-0.05, 0) is 12.1 Å². The lowest BCUT2D eigenvalue weighted by atomic mass is 10.3. The van der Waals surface area contributed by atoms with Gasteiger partial charge < -0.3 is 0 Å². The van der Waals surface area contributed by atoms with Gasteiger partial charge in [0.25, 0.3) is 0 Å². The van der Waals surface area contributed by atoms with E-state index in [2.05, 4.69) is 26.2 Å². The lowest BCUT2D eigenvalue weighted by Gasteiger charge is -1.98. The normalized spacial score (nSPS) is 10.3. The molecule has 3 aromatic rings. The first kappa shape index (κ1) is 9.42. The summed E-state index contributed by atoms with van der Waals surface area (Å²) in [4.78, 5) is 7.87. The highest BCUT2D eigenvalue weighted by Gasteiger charge is 2.08. The second-order valence-electron chi connectivity index (χ2n) is 3.41. The van der Waals surface area contributed by atoms with Crippen molar-refractivity contribution in [2.45, 2.75) is 0 Å². The van der Waals surface area contributed by atoms with Crippen LogP contribution < -0.4 is 0 Å². The highest BCUT2D eigenvalue weighted by molar-refractivity contribution is 5.58. The first-order valence-corrected chi connectivity index (χ1v) is 4.89. The van der Waals surface area contributed by atoms with Crippen molar-refractivity contribution < 1.29 is 0 Å². The van der Waals surface area contributed by atoms with Gasteiger partial charge in [0.1, 0.15) is 12.4 Å². The van der Waals surface area contributed by atoms with Crippen molar-refractivity contribution in [2.75, 3.05) is 0 Å². The van der Waals surface area contributed by atoms with Gasteiger partial charge in [0.15, 0.2) is 11.5 Å². The maximum Gasteiger partial charge on any atom is 0.171 e. The molecule has 0 aliphatic carbocycles. The summed E-state index contributed by atoms with van der Waals surface area (Å²) in [6, 6.07) is 5.53. The predicted octanol–water partition coefficient (Wildman–Crippen LogP) is 1.06. The summed E-state index contributed by atoms with van der Waals surface area (Å²) in [5.74, 6) is 0.623. The van der Waals surface area contributed by atoms with Crippen LogP contribution in [0.4, 0.5) is 0 Å². The molecule has 0 aliphatic heterocycles. The van der Waals surface area contributed by atoms with Gasteiger partial charge >= 0.3 is 0 Å². The third-order valence-corrected chi connectivity index (χ3v) is 2.35. The quantitative estimate of drug-likeness (QED) is 0.615. The molecule has 0 aliphatic rings. The fourth-order valence-corrected chi connectivity index (χ4v) is 1.57. The maximum absolute atomic E-state index is 8.87. The average Bonchev–Trinajstić information content (AvgIpc) is 2.82. The van der Waals surface area contributed by atoms with E-state index in [0.717, 1.165) is 5.56 Å². The van der Waals surface area contributed by atoms with Crippen LogP contribution in [0.25, 0.3) is 17.0 Å². The molecule has 17 heavy (non-hydrogen) atoms. The van der Waals surface area contributed by atoms with Crippen LogP contribution in [0, 0.1) is 11.3 Å². The van der Waals surface area contributed by atoms with Gasteiger partial charge in [-0.3, -0.25) is 4.40 Å². The topological polar surface area (TPSA) is 79.8 Å². The van der Waals surface area contributed by atoms with Gasteiger partial charge in [-0.2, -0.15) is 5.26 Å². The van der Waals surface area contributed by atoms with Crippen molar-refractivity contribution in [3.8, 4) is 17.5 Å². The van der Waals surface area contributed by atoms with Gasteiger partial charge in [-0.15, -0.1) is 10.2 Å². The molecule has 3 aromatic heterocycles. The van der Waals surface area contributed by atoms with Crippen molar-refractivity contribution in [3.05, 3.63) is 42.6 Å². The van der Waals surface area contributed by atoms with E-state index in [9.17, 15) is 0 Å². The Labute approximate surface area is 96.2 Å². The summed E-state index contributed by atoms with van der Waals surface area (Å²) in [6.45, 7) is 0. The number of aromatic nitrogens is 5. The Hall–Kier alpha value is -2.81. The molecule has 3 heterocycles. The standard InChI is InChI=1S/C11H6N6/c12-3-8-1-2-10-15-16-11(17(10)6-8)9-4-13-7-14-5-9/h1-2,4-7H.